The van der Waals surface area contributed by atoms with E-state index in [1.54, 1.807) is 38.1 Å². The Hall–Kier alpha value is -3.37. The molecular formula is C30H37ClN2O8. The largest absolute Gasteiger partial charge is 0.466 e. The Morgan fingerprint density at radius 3 is 2.41 bits per heavy atom. The Morgan fingerprint density at radius 2 is 1.83 bits per heavy atom. The molecule has 2 bridgehead atoms. The van der Waals surface area contributed by atoms with Gasteiger partial charge in [0.25, 0.3) is 5.91 Å². The van der Waals surface area contributed by atoms with E-state index in [0.717, 1.165) is 0 Å². The molecule has 11 heteroatoms. The van der Waals surface area contributed by atoms with Crippen LogP contribution in [0.5, 0.6) is 0 Å². The molecule has 41 heavy (non-hydrogen) atoms. The summed E-state index contributed by atoms with van der Waals surface area (Å²) in [5.74, 6) is -2.78. The molecule has 0 spiro atoms. The van der Waals surface area contributed by atoms with Crippen LogP contribution in [0.2, 0.25) is 5.02 Å². The standard InChI is InChI=1S/C30H37ClN2O8/c1-7-40-25(35)23-20(33-17(2)21(24(34)38-6)22(23)18-10-8-9-11-19(18)31)16-39-15-14-32-26(36)30-13-12-29(5,27(37)41-30)28(30,3)4/h8-11,22,33H,7,12-16H2,1-6H3,(H,32,36)/t22-,29-,30+/m0/s1. The summed E-state index contributed by atoms with van der Waals surface area (Å²) in [6.07, 6.45) is 1.05. The van der Waals surface area contributed by atoms with Gasteiger partial charge in [-0.2, -0.15) is 0 Å². The lowest BCUT2D eigenvalue weighted by Crippen LogP contribution is -2.54. The van der Waals surface area contributed by atoms with Gasteiger partial charge in [0.05, 0.1) is 55.1 Å². The minimum Gasteiger partial charge on any atom is -0.466 e. The molecule has 1 aromatic carbocycles. The van der Waals surface area contributed by atoms with Crippen molar-refractivity contribution in [2.75, 3.05) is 33.5 Å². The highest BCUT2D eigenvalue weighted by molar-refractivity contribution is 6.31. The number of carbonyl (C=O) groups excluding carboxylic acids is 4. The van der Waals surface area contributed by atoms with Crippen LogP contribution in [0, 0.1) is 10.8 Å². The number of hydrogen-bond donors (Lipinski definition) is 2. The lowest BCUT2D eigenvalue weighted by atomic mass is 9.66. The molecule has 1 saturated carbocycles. The number of fused-ring (bicyclic) bond motifs is 2. The number of amides is 1. The first-order valence-corrected chi connectivity index (χ1v) is 14.0. The molecule has 3 atom stereocenters. The second kappa shape index (κ2) is 11.5. The van der Waals surface area contributed by atoms with Gasteiger partial charge >= 0.3 is 17.9 Å². The Labute approximate surface area is 244 Å². The van der Waals surface area contributed by atoms with Crippen LogP contribution >= 0.6 is 11.6 Å². The molecule has 1 saturated heterocycles. The topological polar surface area (TPSA) is 129 Å². The van der Waals surface area contributed by atoms with E-state index in [4.69, 9.17) is 30.5 Å². The Bertz CT molecular complexity index is 1340. The maximum atomic E-state index is 13.3. The third-order valence-corrected chi connectivity index (χ3v) is 9.33. The first kappa shape index (κ1) is 30.6. The lowest BCUT2D eigenvalue weighted by Gasteiger charge is -2.35. The average molecular weight is 589 g/mol. The maximum Gasteiger partial charge on any atom is 0.336 e. The quantitative estimate of drug-likeness (QED) is 0.239. The molecule has 10 nitrogen and oxygen atoms in total. The highest BCUT2D eigenvalue weighted by atomic mass is 35.5. The third kappa shape index (κ3) is 4.91. The number of nitrogens with one attached hydrogen (secondary N) is 2. The number of carbonyl (C=O) groups is 4. The number of allylic oxidation sites excluding steroid dienone is 1. The summed E-state index contributed by atoms with van der Waals surface area (Å²) in [5, 5.41) is 6.34. The predicted octanol–water partition coefficient (Wildman–Crippen LogP) is 3.55. The molecule has 0 unspecified atom stereocenters. The van der Waals surface area contributed by atoms with Gasteiger partial charge in [0.15, 0.2) is 5.60 Å². The van der Waals surface area contributed by atoms with Crippen LogP contribution in [-0.4, -0.2) is 62.9 Å². The molecule has 2 N–H and O–H groups in total. The van der Waals surface area contributed by atoms with Gasteiger partial charge in [-0.05, 0) is 45.2 Å². The Morgan fingerprint density at radius 1 is 1.12 bits per heavy atom. The molecule has 2 aliphatic heterocycles. The highest BCUT2D eigenvalue weighted by Gasteiger charge is 2.75. The Kier molecular flexibility index (Phi) is 8.57. The van der Waals surface area contributed by atoms with Gasteiger partial charge in [-0.25, -0.2) is 9.59 Å². The van der Waals surface area contributed by atoms with Crippen LogP contribution in [-0.2, 0) is 38.1 Å². The molecule has 0 radical (unpaired) electrons. The van der Waals surface area contributed by atoms with Gasteiger partial charge in [0, 0.05) is 22.7 Å². The SMILES string of the molecule is CCOC(=O)C1=C(COCCNC(=O)[C@@]23CC[C@@](C)(C(=O)O2)C3(C)C)NC(C)=C(C(=O)OC)[C@@H]1c1ccccc1Cl. The van der Waals surface area contributed by atoms with Crippen molar-refractivity contribution in [3.05, 3.63) is 57.4 Å². The van der Waals surface area contributed by atoms with Crippen molar-refractivity contribution < 1.29 is 38.1 Å². The molecule has 2 heterocycles. The fraction of sp³-hybridized carbons (Fsp3) is 0.533. The van der Waals surface area contributed by atoms with Gasteiger partial charge < -0.3 is 29.6 Å². The van der Waals surface area contributed by atoms with Crippen molar-refractivity contribution >= 4 is 35.4 Å². The van der Waals surface area contributed by atoms with Crippen LogP contribution in [0.15, 0.2) is 46.8 Å². The van der Waals surface area contributed by atoms with Crippen LogP contribution in [0.25, 0.3) is 0 Å². The van der Waals surface area contributed by atoms with E-state index >= 15 is 0 Å². The number of methoxy groups -OCH3 is 1. The number of hydrogen-bond acceptors (Lipinski definition) is 9. The molecule has 2 fully saturated rings. The summed E-state index contributed by atoms with van der Waals surface area (Å²) in [7, 11) is 1.27. The number of rotatable bonds is 10. The van der Waals surface area contributed by atoms with Crippen LogP contribution in [0.3, 0.4) is 0 Å². The van der Waals surface area contributed by atoms with Gasteiger partial charge in [-0.3, -0.25) is 9.59 Å². The van der Waals surface area contributed by atoms with E-state index < -0.39 is 34.3 Å². The van der Waals surface area contributed by atoms with Gasteiger partial charge in [-0.1, -0.05) is 43.6 Å². The fourth-order valence-corrected chi connectivity index (χ4v) is 6.41. The molecule has 1 aromatic rings. The predicted molar refractivity (Wildman–Crippen MR) is 149 cm³/mol. The molecule has 4 rings (SSSR count). The lowest BCUT2D eigenvalue weighted by molar-refractivity contribution is -0.168. The van der Waals surface area contributed by atoms with Crippen molar-refractivity contribution in [3.8, 4) is 0 Å². The number of ether oxygens (including phenoxy) is 4. The van der Waals surface area contributed by atoms with E-state index in [1.165, 1.54) is 7.11 Å². The molecule has 0 aromatic heterocycles. The van der Waals surface area contributed by atoms with Crippen LogP contribution in [0.1, 0.15) is 58.9 Å². The molecule has 222 valence electrons. The first-order valence-electron chi connectivity index (χ1n) is 13.7. The summed E-state index contributed by atoms with van der Waals surface area (Å²) in [6.45, 7) is 9.38. The number of benzene rings is 1. The molecular weight excluding hydrogens is 552 g/mol. The van der Waals surface area contributed by atoms with E-state index in [2.05, 4.69) is 10.6 Å². The van der Waals surface area contributed by atoms with E-state index in [-0.39, 0.29) is 49.4 Å². The van der Waals surface area contributed by atoms with Crippen molar-refractivity contribution in [1.29, 1.82) is 0 Å². The Balaban J connectivity index is 1.52. The number of dihydropyridines is 1. The average Bonchev–Trinajstić information content (AvgIpc) is 3.22. The zero-order valence-electron chi connectivity index (χ0n) is 24.3. The fourth-order valence-electron chi connectivity index (χ4n) is 6.16. The summed E-state index contributed by atoms with van der Waals surface area (Å²) < 4.78 is 21.9. The van der Waals surface area contributed by atoms with E-state index in [1.807, 2.05) is 20.8 Å². The summed E-state index contributed by atoms with van der Waals surface area (Å²) in [6, 6.07) is 6.95. The number of esters is 3. The van der Waals surface area contributed by atoms with E-state index in [0.29, 0.717) is 34.8 Å². The van der Waals surface area contributed by atoms with Crippen molar-refractivity contribution in [2.45, 2.75) is 59.0 Å². The van der Waals surface area contributed by atoms with Crippen LogP contribution < -0.4 is 10.6 Å². The van der Waals surface area contributed by atoms with Gasteiger partial charge in [0.1, 0.15) is 0 Å². The van der Waals surface area contributed by atoms with Gasteiger partial charge in [0.2, 0.25) is 0 Å². The normalized spacial score (nSPS) is 26.4. The zero-order chi connectivity index (χ0) is 30.2. The molecule has 1 aliphatic carbocycles. The summed E-state index contributed by atoms with van der Waals surface area (Å²) in [4.78, 5) is 51.9. The smallest absolute Gasteiger partial charge is 0.336 e. The molecule has 1 amide bonds. The second-order valence-corrected chi connectivity index (χ2v) is 11.6. The second-order valence-electron chi connectivity index (χ2n) is 11.2. The van der Waals surface area contributed by atoms with E-state index in [9.17, 15) is 19.2 Å². The summed E-state index contributed by atoms with van der Waals surface area (Å²) >= 11 is 6.53. The van der Waals surface area contributed by atoms with Crippen molar-refractivity contribution in [1.82, 2.24) is 10.6 Å². The zero-order valence-corrected chi connectivity index (χ0v) is 25.0. The minimum atomic E-state index is -1.21. The van der Waals surface area contributed by atoms with Crippen molar-refractivity contribution in [2.24, 2.45) is 10.8 Å². The summed E-state index contributed by atoms with van der Waals surface area (Å²) in [5.41, 5.74) is -0.721. The first-order chi connectivity index (χ1) is 19.4. The minimum absolute atomic E-state index is 0.0412. The monoisotopic (exact) mass is 588 g/mol. The third-order valence-electron chi connectivity index (χ3n) is 8.99. The van der Waals surface area contributed by atoms with Crippen LogP contribution in [0.4, 0.5) is 0 Å². The number of halogens is 1. The maximum absolute atomic E-state index is 13.3. The highest BCUT2D eigenvalue weighted by Crippen LogP contribution is 2.65. The van der Waals surface area contributed by atoms with Gasteiger partial charge in [-0.15, -0.1) is 0 Å². The van der Waals surface area contributed by atoms with Crippen molar-refractivity contribution in [3.63, 3.8) is 0 Å². The molecule has 3 aliphatic rings.